The molecule has 2 aromatic carbocycles. The molecule has 2 bridgehead atoms. The van der Waals surface area contributed by atoms with Gasteiger partial charge in [0, 0.05) is 29.2 Å². The van der Waals surface area contributed by atoms with Crippen LogP contribution in [0.3, 0.4) is 0 Å². The Morgan fingerprint density at radius 3 is 2.38 bits per heavy atom. The van der Waals surface area contributed by atoms with Crippen molar-refractivity contribution in [1.29, 1.82) is 5.26 Å². The summed E-state index contributed by atoms with van der Waals surface area (Å²) in [5.41, 5.74) is 3.42. The Balaban J connectivity index is 1.22. The third kappa shape index (κ3) is 2.64. The zero-order valence-corrected chi connectivity index (χ0v) is 18.4. The van der Waals surface area contributed by atoms with Gasteiger partial charge in [0.25, 0.3) is 11.8 Å². The first-order chi connectivity index (χ1) is 16.7. The van der Waals surface area contributed by atoms with Gasteiger partial charge in [0.2, 0.25) is 0 Å². The number of hydrogen-bond acceptors (Lipinski definition) is 4. The number of allylic oxidation sites excluding steroid dienone is 2. The molecule has 6 nitrogen and oxygen atoms in total. The minimum atomic E-state index is -0.243. The van der Waals surface area contributed by atoms with Gasteiger partial charge in [-0.15, -0.1) is 0 Å². The number of nitriles is 1. The van der Waals surface area contributed by atoms with E-state index in [1.165, 1.54) is 0 Å². The van der Waals surface area contributed by atoms with Crippen molar-refractivity contribution in [3.05, 3.63) is 83.6 Å². The zero-order valence-electron chi connectivity index (χ0n) is 18.4. The average Bonchev–Trinajstić information content (AvgIpc) is 3.58. The van der Waals surface area contributed by atoms with Crippen LogP contribution in [0.2, 0.25) is 0 Å². The second kappa shape index (κ2) is 7.01. The first-order valence-corrected chi connectivity index (χ1v) is 11.8. The van der Waals surface area contributed by atoms with Crippen molar-refractivity contribution in [2.24, 2.45) is 40.6 Å². The summed E-state index contributed by atoms with van der Waals surface area (Å²) >= 11 is 0. The number of para-hydroxylation sites is 1. The number of hydrogen-bond donors (Lipinski definition) is 0. The van der Waals surface area contributed by atoms with Crippen LogP contribution in [0.5, 0.6) is 0 Å². The molecular weight excluding hydrogens is 424 g/mol. The monoisotopic (exact) mass is 446 g/mol. The Labute approximate surface area is 196 Å². The minimum absolute atomic E-state index is 0.150. The summed E-state index contributed by atoms with van der Waals surface area (Å²) in [7, 11) is 0. The molecule has 5 aliphatic rings. The standard InChI is InChI=1S/C28H22N4O2/c29-12-16-5-1-2-6-17(16)14-31-15-18(19-7-3-4-8-24(19)31)13-30-32-27(33)25-20-9-10-21(23-11-22(20)23)26(25)28(32)34/h1-10,13,15,20-23,25-26H,11,14H2/b30-13+/t20-,21-,22-,23-,25-,26+/m1/s1. The number of carbonyl (C=O) groups is 2. The number of carbonyl (C=O) groups excluding carboxylic acids is 2. The second-order valence-corrected chi connectivity index (χ2v) is 9.89. The lowest BCUT2D eigenvalue weighted by Crippen LogP contribution is -2.40. The van der Waals surface area contributed by atoms with E-state index in [1.807, 2.05) is 54.7 Å². The highest BCUT2D eigenvalue weighted by Gasteiger charge is 2.67. The van der Waals surface area contributed by atoms with Gasteiger partial charge in [-0.2, -0.15) is 15.4 Å². The molecule has 4 aliphatic carbocycles. The molecular formula is C28H22N4O2. The number of rotatable bonds is 4. The Morgan fingerprint density at radius 1 is 0.971 bits per heavy atom. The maximum absolute atomic E-state index is 13.2. The third-order valence-electron chi connectivity index (χ3n) is 8.25. The molecule has 6 atom stereocenters. The quantitative estimate of drug-likeness (QED) is 0.346. The molecule has 166 valence electrons. The molecule has 2 saturated carbocycles. The lowest BCUT2D eigenvalue weighted by atomic mass is 9.63. The zero-order chi connectivity index (χ0) is 23.0. The van der Waals surface area contributed by atoms with Gasteiger partial charge in [-0.05, 0) is 47.8 Å². The molecule has 2 amide bonds. The van der Waals surface area contributed by atoms with Crippen LogP contribution in [0.4, 0.5) is 0 Å². The van der Waals surface area contributed by atoms with Crippen LogP contribution in [0.25, 0.3) is 10.9 Å². The Morgan fingerprint density at radius 2 is 1.65 bits per heavy atom. The van der Waals surface area contributed by atoms with E-state index >= 15 is 0 Å². The van der Waals surface area contributed by atoms with Gasteiger partial charge in [0.15, 0.2) is 0 Å². The Bertz CT molecular complexity index is 1440. The molecule has 1 aliphatic heterocycles. The molecule has 34 heavy (non-hydrogen) atoms. The lowest BCUT2D eigenvalue weighted by Gasteiger charge is -2.37. The summed E-state index contributed by atoms with van der Waals surface area (Å²) in [5, 5.41) is 16.0. The molecule has 1 aromatic heterocycles. The summed E-state index contributed by atoms with van der Waals surface area (Å²) in [6.45, 7) is 0.543. The first-order valence-electron chi connectivity index (χ1n) is 11.8. The van der Waals surface area contributed by atoms with E-state index in [-0.39, 0.29) is 35.5 Å². The number of imide groups is 1. The third-order valence-corrected chi connectivity index (χ3v) is 8.25. The van der Waals surface area contributed by atoms with Crippen LogP contribution in [-0.2, 0) is 16.1 Å². The number of benzene rings is 2. The van der Waals surface area contributed by atoms with Gasteiger partial charge in [-0.25, -0.2) is 0 Å². The maximum Gasteiger partial charge on any atom is 0.254 e. The van der Waals surface area contributed by atoms with Crippen LogP contribution in [-0.4, -0.2) is 27.6 Å². The van der Waals surface area contributed by atoms with Crippen molar-refractivity contribution < 1.29 is 9.59 Å². The van der Waals surface area contributed by atoms with Crippen molar-refractivity contribution in [3.8, 4) is 6.07 Å². The van der Waals surface area contributed by atoms with E-state index in [1.54, 1.807) is 6.21 Å². The van der Waals surface area contributed by atoms with E-state index < -0.39 is 0 Å². The molecule has 3 aromatic rings. The number of hydrazone groups is 1. The van der Waals surface area contributed by atoms with E-state index in [0.29, 0.717) is 23.9 Å². The smallest absolute Gasteiger partial charge is 0.254 e. The summed E-state index contributed by atoms with van der Waals surface area (Å²) in [6.07, 6.45) is 9.10. The molecule has 1 saturated heterocycles. The normalized spacial score (nSPS) is 30.7. The molecule has 0 radical (unpaired) electrons. The van der Waals surface area contributed by atoms with Gasteiger partial charge in [-0.3, -0.25) is 9.59 Å². The predicted molar refractivity (Wildman–Crippen MR) is 126 cm³/mol. The Kier molecular flexibility index (Phi) is 4.02. The largest absolute Gasteiger partial charge is 0.342 e. The van der Waals surface area contributed by atoms with Gasteiger partial charge in [0.05, 0.1) is 29.7 Å². The first kappa shape index (κ1) is 19.5. The van der Waals surface area contributed by atoms with Crippen LogP contribution in [0.15, 0.2) is 72.0 Å². The summed E-state index contributed by atoms with van der Waals surface area (Å²) < 4.78 is 2.08. The fourth-order valence-electron chi connectivity index (χ4n) is 6.63. The van der Waals surface area contributed by atoms with Crippen molar-refractivity contribution in [2.45, 2.75) is 13.0 Å². The van der Waals surface area contributed by atoms with Gasteiger partial charge < -0.3 is 4.57 Å². The number of fused-ring (bicyclic) bond motifs is 1. The number of nitrogens with zero attached hydrogens (tertiary/aromatic N) is 4. The highest BCUT2D eigenvalue weighted by molar-refractivity contribution is 6.07. The minimum Gasteiger partial charge on any atom is -0.342 e. The summed E-state index contributed by atoms with van der Waals surface area (Å²) in [5.74, 6) is 0.750. The van der Waals surface area contributed by atoms with Gasteiger partial charge in [-0.1, -0.05) is 48.6 Å². The van der Waals surface area contributed by atoms with Crippen LogP contribution >= 0.6 is 0 Å². The molecule has 0 spiro atoms. The number of aromatic nitrogens is 1. The van der Waals surface area contributed by atoms with E-state index in [4.69, 9.17) is 0 Å². The van der Waals surface area contributed by atoms with Crippen LogP contribution in [0.1, 0.15) is 23.1 Å². The summed E-state index contributed by atoms with van der Waals surface area (Å²) in [6, 6.07) is 17.8. The van der Waals surface area contributed by atoms with Gasteiger partial charge >= 0.3 is 0 Å². The van der Waals surface area contributed by atoms with Crippen molar-refractivity contribution >= 4 is 28.9 Å². The highest BCUT2D eigenvalue weighted by Crippen LogP contribution is 2.65. The molecule has 6 heteroatoms. The van der Waals surface area contributed by atoms with E-state index in [2.05, 4.69) is 27.9 Å². The molecule has 2 heterocycles. The Hall–Kier alpha value is -3.98. The fraction of sp³-hybridized carbons (Fsp3) is 0.286. The summed E-state index contributed by atoms with van der Waals surface area (Å²) in [4.78, 5) is 26.5. The van der Waals surface area contributed by atoms with Crippen molar-refractivity contribution in [1.82, 2.24) is 9.58 Å². The maximum atomic E-state index is 13.2. The van der Waals surface area contributed by atoms with Crippen LogP contribution < -0.4 is 0 Å². The predicted octanol–water partition coefficient (Wildman–Crippen LogP) is 3.95. The van der Waals surface area contributed by atoms with Crippen molar-refractivity contribution in [2.75, 3.05) is 0 Å². The topological polar surface area (TPSA) is 78.5 Å². The van der Waals surface area contributed by atoms with Crippen LogP contribution in [0, 0.1) is 46.8 Å². The molecule has 3 fully saturated rings. The number of amides is 2. The fourth-order valence-corrected chi connectivity index (χ4v) is 6.63. The molecule has 0 N–H and O–H groups in total. The van der Waals surface area contributed by atoms with Crippen molar-refractivity contribution in [3.63, 3.8) is 0 Å². The molecule has 0 unspecified atom stereocenters. The van der Waals surface area contributed by atoms with Gasteiger partial charge in [0.1, 0.15) is 0 Å². The SMILES string of the molecule is N#Cc1ccccc1Cn1cc(/C=N/N2C(=O)[C@@H]3[C@@H]4C=C[C@H]([C@H]5C[C@H]45)[C@@H]3C2=O)c2ccccc21. The highest BCUT2D eigenvalue weighted by atomic mass is 16.2. The second-order valence-electron chi connectivity index (χ2n) is 9.89. The lowest BCUT2D eigenvalue weighted by molar-refractivity contribution is -0.140. The van der Waals surface area contributed by atoms with E-state index in [0.717, 1.165) is 33.5 Å². The average molecular weight is 447 g/mol. The van der Waals surface area contributed by atoms with E-state index in [9.17, 15) is 14.9 Å². The molecule has 8 rings (SSSR count).